The lowest BCUT2D eigenvalue weighted by molar-refractivity contribution is -0.0365. The van der Waals surface area contributed by atoms with Gasteiger partial charge in [-0.1, -0.05) is 0 Å². The molecule has 8 heteroatoms. The summed E-state index contributed by atoms with van der Waals surface area (Å²) in [5.74, 6) is 0.803. The molecule has 5 rings (SSSR count). The zero-order chi connectivity index (χ0) is 21.2. The molecule has 0 aliphatic carbocycles. The fourth-order valence-electron chi connectivity index (χ4n) is 4.16. The van der Waals surface area contributed by atoms with Crippen LogP contribution in [0.4, 0.5) is 0 Å². The Bertz CT molecular complexity index is 1020. The smallest absolute Gasteiger partial charge is 0.150 e. The molecule has 166 valence electrons. The van der Waals surface area contributed by atoms with Crippen LogP contribution in [-0.2, 0) is 14.2 Å². The van der Waals surface area contributed by atoms with Gasteiger partial charge in [0.15, 0.2) is 6.23 Å². The number of hydrogen-bond donors (Lipinski definition) is 0. The topological polar surface area (TPSA) is 72.6 Å². The van der Waals surface area contributed by atoms with Crippen molar-refractivity contribution in [2.45, 2.75) is 51.5 Å². The highest BCUT2D eigenvalue weighted by Crippen LogP contribution is 2.35. The first-order valence-electron chi connectivity index (χ1n) is 11.2. The summed E-state index contributed by atoms with van der Waals surface area (Å²) in [6.07, 6.45) is 7.08. The molecule has 0 spiro atoms. The number of benzene rings is 1. The van der Waals surface area contributed by atoms with E-state index in [2.05, 4.69) is 24.2 Å². The van der Waals surface area contributed by atoms with E-state index >= 15 is 0 Å². The van der Waals surface area contributed by atoms with E-state index in [4.69, 9.17) is 24.0 Å². The molecule has 1 saturated heterocycles. The molecule has 1 aromatic carbocycles. The summed E-state index contributed by atoms with van der Waals surface area (Å²) in [6.45, 7) is 7.03. The van der Waals surface area contributed by atoms with Crippen LogP contribution >= 0.6 is 0 Å². The Hall–Kier alpha value is -2.42. The summed E-state index contributed by atoms with van der Waals surface area (Å²) in [6, 6.07) is 6.26. The number of ether oxygens (including phenoxy) is 4. The average Bonchev–Trinajstić information content (AvgIpc) is 3.42. The van der Waals surface area contributed by atoms with Gasteiger partial charge in [0, 0.05) is 23.8 Å². The van der Waals surface area contributed by atoms with E-state index in [1.165, 1.54) is 0 Å². The fraction of sp³-hybridized carbons (Fsp3) is 0.565. The first-order valence-corrected chi connectivity index (χ1v) is 11.2. The standard InChI is InChI=1S/C23H30N4O4/c1-16-14-28-9-10-29-17(2)15-31-19-6-7-21-20(11-19)23(18-12-24-26(16)13-18)25-27(21)22-5-3-4-8-30-22/h6-7,11-13,16-17,22H,3-5,8-10,14-15H2,1-2H3. The van der Waals surface area contributed by atoms with Crippen LogP contribution in [0.2, 0.25) is 0 Å². The molecule has 0 radical (unpaired) electrons. The molecule has 2 aliphatic heterocycles. The van der Waals surface area contributed by atoms with Gasteiger partial charge in [-0.25, -0.2) is 4.68 Å². The maximum Gasteiger partial charge on any atom is 0.150 e. The second-order valence-electron chi connectivity index (χ2n) is 8.42. The lowest BCUT2D eigenvalue weighted by atomic mass is 10.1. The third kappa shape index (κ3) is 4.33. The van der Waals surface area contributed by atoms with Crippen molar-refractivity contribution in [1.82, 2.24) is 19.6 Å². The van der Waals surface area contributed by atoms with E-state index in [1.54, 1.807) is 0 Å². The highest BCUT2D eigenvalue weighted by Gasteiger charge is 2.23. The zero-order valence-corrected chi connectivity index (χ0v) is 18.2. The second-order valence-corrected chi connectivity index (χ2v) is 8.42. The summed E-state index contributed by atoms with van der Waals surface area (Å²) in [4.78, 5) is 0. The van der Waals surface area contributed by atoms with Crippen molar-refractivity contribution < 1.29 is 18.9 Å². The van der Waals surface area contributed by atoms with Gasteiger partial charge in [0.25, 0.3) is 0 Å². The monoisotopic (exact) mass is 426 g/mol. The molecule has 3 aromatic rings. The Morgan fingerprint density at radius 2 is 1.97 bits per heavy atom. The normalized spacial score (nSPS) is 25.5. The van der Waals surface area contributed by atoms with Crippen LogP contribution in [0.5, 0.6) is 5.75 Å². The van der Waals surface area contributed by atoms with Crippen LogP contribution in [0.25, 0.3) is 22.2 Å². The molecular weight excluding hydrogens is 396 g/mol. The first kappa shape index (κ1) is 20.5. The van der Waals surface area contributed by atoms with Crippen LogP contribution in [0.15, 0.2) is 30.6 Å². The van der Waals surface area contributed by atoms with E-state index < -0.39 is 0 Å². The lowest BCUT2D eigenvalue weighted by Gasteiger charge is -2.23. The van der Waals surface area contributed by atoms with Gasteiger partial charge >= 0.3 is 0 Å². The average molecular weight is 427 g/mol. The molecule has 4 heterocycles. The van der Waals surface area contributed by atoms with Crippen molar-refractivity contribution >= 4 is 10.9 Å². The van der Waals surface area contributed by atoms with Gasteiger partial charge in [-0.2, -0.15) is 10.2 Å². The Morgan fingerprint density at radius 3 is 2.84 bits per heavy atom. The molecular formula is C23H30N4O4. The highest BCUT2D eigenvalue weighted by molar-refractivity contribution is 5.94. The summed E-state index contributed by atoms with van der Waals surface area (Å²) < 4.78 is 27.6. The largest absolute Gasteiger partial charge is 0.491 e. The van der Waals surface area contributed by atoms with Crippen LogP contribution in [-0.4, -0.2) is 58.7 Å². The second kappa shape index (κ2) is 8.98. The Labute approximate surface area is 182 Å². The summed E-state index contributed by atoms with van der Waals surface area (Å²) in [5, 5.41) is 10.6. The number of rotatable bonds is 1. The van der Waals surface area contributed by atoms with Gasteiger partial charge in [0.05, 0.1) is 43.7 Å². The lowest BCUT2D eigenvalue weighted by Crippen LogP contribution is -2.21. The van der Waals surface area contributed by atoms with Crippen molar-refractivity contribution in [1.29, 1.82) is 0 Å². The van der Waals surface area contributed by atoms with Gasteiger partial charge < -0.3 is 18.9 Å². The Kier molecular flexibility index (Phi) is 5.93. The maximum atomic E-state index is 6.04. The van der Waals surface area contributed by atoms with E-state index in [9.17, 15) is 0 Å². The van der Waals surface area contributed by atoms with Crippen molar-refractivity contribution in [3.63, 3.8) is 0 Å². The van der Waals surface area contributed by atoms with Gasteiger partial charge in [-0.05, 0) is 51.3 Å². The Balaban J connectivity index is 1.58. The van der Waals surface area contributed by atoms with Gasteiger partial charge in [-0.3, -0.25) is 4.68 Å². The van der Waals surface area contributed by atoms with Gasteiger partial charge in [0.2, 0.25) is 0 Å². The third-order valence-corrected chi connectivity index (χ3v) is 5.91. The molecule has 0 N–H and O–H groups in total. The van der Waals surface area contributed by atoms with E-state index in [0.717, 1.165) is 53.8 Å². The molecule has 2 aliphatic rings. The number of fused-ring (bicyclic) bond motifs is 4. The molecule has 0 amide bonds. The first-order chi connectivity index (χ1) is 15.2. The van der Waals surface area contributed by atoms with Crippen LogP contribution in [0.1, 0.15) is 45.4 Å². The van der Waals surface area contributed by atoms with Crippen LogP contribution in [0, 0.1) is 0 Å². The van der Waals surface area contributed by atoms with Crippen molar-refractivity contribution in [3.8, 4) is 17.0 Å². The predicted molar refractivity (Wildman–Crippen MR) is 116 cm³/mol. The summed E-state index contributed by atoms with van der Waals surface area (Å²) >= 11 is 0. The minimum Gasteiger partial charge on any atom is -0.491 e. The summed E-state index contributed by atoms with van der Waals surface area (Å²) in [7, 11) is 0. The summed E-state index contributed by atoms with van der Waals surface area (Å²) in [5.41, 5.74) is 2.92. The highest BCUT2D eigenvalue weighted by atomic mass is 16.6. The SMILES string of the molecule is CC1COc2ccc3c(c2)c(nn3C2CCCCO2)-c2cnn(c2)C(C)COCCO1. The van der Waals surface area contributed by atoms with Crippen molar-refractivity contribution in [2.75, 3.05) is 33.0 Å². The van der Waals surface area contributed by atoms with E-state index in [1.807, 2.05) is 34.7 Å². The molecule has 2 aromatic heterocycles. The molecule has 0 saturated carbocycles. The zero-order valence-electron chi connectivity index (χ0n) is 18.2. The molecule has 4 bridgehead atoms. The number of nitrogens with zero attached hydrogens (tertiary/aromatic N) is 4. The predicted octanol–water partition coefficient (Wildman–Crippen LogP) is 3.97. The van der Waals surface area contributed by atoms with Gasteiger partial charge in [-0.15, -0.1) is 0 Å². The minimum atomic E-state index is -0.0401. The third-order valence-electron chi connectivity index (χ3n) is 5.91. The fourth-order valence-corrected chi connectivity index (χ4v) is 4.16. The Morgan fingerprint density at radius 1 is 1.03 bits per heavy atom. The van der Waals surface area contributed by atoms with E-state index in [0.29, 0.717) is 26.4 Å². The molecule has 3 atom stereocenters. The number of hydrogen-bond acceptors (Lipinski definition) is 6. The minimum absolute atomic E-state index is 0.0200. The van der Waals surface area contributed by atoms with Crippen LogP contribution < -0.4 is 4.74 Å². The van der Waals surface area contributed by atoms with Crippen molar-refractivity contribution in [3.05, 3.63) is 30.6 Å². The molecule has 3 unspecified atom stereocenters. The molecule has 8 nitrogen and oxygen atoms in total. The maximum absolute atomic E-state index is 6.04. The quantitative estimate of drug-likeness (QED) is 0.586. The number of aromatic nitrogens is 4. The van der Waals surface area contributed by atoms with Gasteiger partial charge in [0.1, 0.15) is 18.1 Å². The van der Waals surface area contributed by atoms with Crippen molar-refractivity contribution in [2.24, 2.45) is 0 Å². The van der Waals surface area contributed by atoms with E-state index in [-0.39, 0.29) is 18.4 Å². The molecule has 1 fully saturated rings. The molecule has 31 heavy (non-hydrogen) atoms. The van der Waals surface area contributed by atoms with Crippen LogP contribution in [0.3, 0.4) is 0 Å².